The van der Waals surface area contributed by atoms with Gasteiger partial charge in [-0.15, -0.1) is 0 Å². The van der Waals surface area contributed by atoms with E-state index in [-0.39, 0.29) is 0 Å². The minimum absolute atomic E-state index is 1.25. The summed E-state index contributed by atoms with van der Waals surface area (Å²) in [5, 5.41) is 1.30. The lowest BCUT2D eigenvalue weighted by molar-refractivity contribution is 1.45. The number of hydrogen-bond acceptors (Lipinski definition) is 0. The molecule has 0 bridgehead atoms. The summed E-state index contributed by atoms with van der Waals surface area (Å²) in [6.07, 6.45) is 0. The van der Waals surface area contributed by atoms with Crippen molar-refractivity contribution in [1.82, 2.24) is 0 Å². The summed E-state index contributed by atoms with van der Waals surface area (Å²) < 4.78 is -1.25. The minimum Gasteiger partial charge on any atom is -0.0830 e. The zero-order valence-electron chi connectivity index (χ0n) is 2.59. The van der Waals surface area contributed by atoms with Crippen molar-refractivity contribution in [3.05, 3.63) is 5.33 Å². The molecule has 0 rings (SSSR count). The summed E-state index contributed by atoms with van der Waals surface area (Å²) in [4.78, 5) is 0. The van der Waals surface area contributed by atoms with Crippen LogP contribution in [-0.4, -0.2) is 3.79 Å². The van der Waals surface area contributed by atoms with Crippen LogP contribution in [0.1, 0.15) is 0 Å². The molecular weight excluding hydrogens is 210 g/mol. The van der Waals surface area contributed by atoms with Crippen molar-refractivity contribution in [2.24, 2.45) is 0 Å². The van der Waals surface area contributed by atoms with Gasteiger partial charge in [-0.3, -0.25) is 0 Å². The van der Waals surface area contributed by atoms with Gasteiger partial charge in [0.05, 0.1) is 5.33 Å². The van der Waals surface area contributed by atoms with Gasteiger partial charge in [0.25, 0.3) is 0 Å². The Kier molecular flexibility index (Phi) is 3.19. The van der Waals surface area contributed by atoms with Crippen molar-refractivity contribution in [2.45, 2.75) is 3.79 Å². The Labute approximate surface area is 59.9 Å². The highest BCUT2D eigenvalue weighted by Crippen LogP contribution is 2.31. The van der Waals surface area contributed by atoms with Crippen molar-refractivity contribution in [3.63, 3.8) is 0 Å². The lowest BCUT2D eigenvalue weighted by Crippen LogP contribution is -1.94. The summed E-state index contributed by atoms with van der Waals surface area (Å²) in [7, 11) is 0. The Balaban J connectivity index is 3.17. The van der Waals surface area contributed by atoms with Crippen LogP contribution in [0.3, 0.4) is 0 Å². The summed E-state index contributed by atoms with van der Waals surface area (Å²) in [5.74, 6) is 0. The number of hydrogen-bond donors (Lipinski definition) is 0. The lowest BCUT2D eigenvalue weighted by atomic mass is 10.9. The fourth-order valence-electron chi connectivity index (χ4n) is 0. The highest BCUT2D eigenvalue weighted by Gasteiger charge is 2.16. The first kappa shape index (κ1) is 7.35. The van der Waals surface area contributed by atoms with Crippen LogP contribution in [0.5, 0.6) is 0 Å². The van der Waals surface area contributed by atoms with Crippen LogP contribution >= 0.6 is 50.7 Å². The van der Waals surface area contributed by atoms with Crippen LogP contribution < -0.4 is 0 Å². The molecule has 6 heavy (non-hydrogen) atoms. The second-order valence-electron chi connectivity index (χ2n) is 0.651. The third-order valence-corrected chi connectivity index (χ3v) is 1.93. The van der Waals surface area contributed by atoms with E-state index < -0.39 is 3.79 Å². The SMILES string of the molecule is ClC(Cl)(Cl)[CH]Br. The first-order valence-corrected chi connectivity index (χ1v) is 3.12. The molecule has 1 radical (unpaired) electrons. The van der Waals surface area contributed by atoms with E-state index in [1.165, 1.54) is 5.33 Å². The maximum absolute atomic E-state index is 5.15. The predicted molar refractivity (Wildman–Crippen MR) is 33.5 cm³/mol. The fourth-order valence-corrected chi connectivity index (χ4v) is 0. The third kappa shape index (κ3) is 5.35. The van der Waals surface area contributed by atoms with Crippen molar-refractivity contribution < 1.29 is 0 Å². The molecular formula is C2HBrCl3. The van der Waals surface area contributed by atoms with Crippen LogP contribution in [-0.2, 0) is 0 Å². The topological polar surface area (TPSA) is 0 Å². The third-order valence-electron chi connectivity index (χ3n) is 0.124. The van der Waals surface area contributed by atoms with Gasteiger partial charge in [0, 0.05) is 0 Å². The highest BCUT2D eigenvalue weighted by molar-refractivity contribution is 9.10. The van der Waals surface area contributed by atoms with Gasteiger partial charge in [-0.2, -0.15) is 0 Å². The first-order chi connectivity index (χ1) is 2.56. The molecule has 37 valence electrons. The van der Waals surface area contributed by atoms with E-state index in [1.54, 1.807) is 0 Å². The van der Waals surface area contributed by atoms with E-state index in [1.807, 2.05) is 0 Å². The Morgan fingerprint density at radius 1 is 1.33 bits per heavy atom. The molecule has 0 N–H and O–H groups in total. The first-order valence-electron chi connectivity index (χ1n) is 1.07. The summed E-state index contributed by atoms with van der Waals surface area (Å²) in [6.45, 7) is 0. The highest BCUT2D eigenvalue weighted by atomic mass is 79.9. The van der Waals surface area contributed by atoms with Crippen LogP contribution in [0, 0.1) is 5.33 Å². The molecule has 0 aliphatic rings. The van der Waals surface area contributed by atoms with Crippen LogP contribution in [0.15, 0.2) is 0 Å². The maximum atomic E-state index is 5.15. The average Bonchev–Trinajstić information content (AvgIpc) is 1.35. The van der Waals surface area contributed by atoms with E-state index in [9.17, 15) is 0 Å². The number of alkyl halides is 3. The van der Waals surface area contributed by atoms with Crippen molar-refractivity contribution in [1.29, 1.82) is 0 Å². The molecule has 0 fully saturated rings. The van der Waals surface area contributed by atoms with Crippen LogP contribution in [0.2, 0.25) is 0 Å². The molecule has 0 nitrogen and oxygen atoms in total. The lowest BCUT2D eigenvalue weighted by Gasteiger charge is -2.00. The molecule has 0 aromatic rings. The van der Waals surface area contributed by atoms with E-state index in [4.69, 9.17) is 34.8 Å². The molecule has 0 aromatic carbocycles. The molecule has 0 heterocycles. The van der Waals surface area contributed by atoms with Gasteiger partial charge in [0.1, 0.15) is 0 Å². The minimum atomic E-state index is -1.25. The molecule has 0 saturated heterocycles. The number of halogens is 4. The summed E-state index contributed by atoms with van der Waals surface area (Å²) in [6, 6.07) is 0. The average molecular weight is 211 g/mol. The Bertz CT molecular complexity index is 38.5. The number of rotatable bonds is 0. The van der Waals surface area contributed by atoms with Crippen molar-refractivity contribution in [2.75, 3.05) is 0 Å². The van der Waals surface area contributed by atoms with E-state index >= 15 is 0 Å². The van der Waals surface area contributed by atoms with Gasteiger partial charge in [-0.25, -0.2) is 0 Å². The molecule has 0 unspecified atom stereocenters. The molecule has 0 saturated carbocycles. The molecule has 4 heteroatoms. The summed E-state index contributed by atoms with van der Waals surface area (Å²) >= 11 is 18.3. The normalized spacial score (nSPS) is 12.0. The quantitative estimate of drug-likeness (QED) is 0.540. The Hall–Kier alpha value is 1.35. The van der Waals surface area contributed by atoms with E-state index in [2.05, 4.69) is 15.9 Å². The Morgan fingerprint density at radius 2 is 1.50 bits per heavy atom. The van der Waals surface area contributed by atoms with Gasteiger partial charge >= 0.3 is 0 Å². The summed E-state index contributed by atoms with van der Waals surface area (Å²) in [5.41, 5.74) is 0. The largest absolute Gasteiger partial charge is 0.204 e. The standard InChI is InChI=1S/C2HBrCl3/c3-1-2(4,5)6/h1H. The van der Waals surface area contributed by atoms with E-state index in [0.717, 1.165) is 0 Å². The smallest absolute Gasteiger partial charge is 0.0830 e. The van der Waals surface area contributed by atoms with Crippen LogP contribution in [0.4, 0.5) is 0 Å². The second kappa shape index (κ2) is 2.61. The van der Waals surface area contributed by atoms with Gasteiger partial charge < -0.3 is 0 Å². The van der Waals surface area contributed by atoms with Crippen molar-refractivity contribution in [3.8, 4) is 0 Å². The second-order valence-corrected chi connectivity index (χ2v) is 3.48. The van der Waals surface area contributed by atoms with Gasteiger partial charge in [-0.1, -0.05) is 50.7 Å². The van der Waals surface area contributed by atoms with Crippen molar-refractivity contribution >= 4 is 50.7 Å². The molecule has 0 aliphatic heterocycles. The molecule has 0 aliphatic carbocycles. The van der Waals surface area contributed by atoms with Gasteiger partial charge in [-0.05, 0) is 0 Å². The van der Waals surface area contributed by atoms with Gasteiger partial charge in [0.2, 0.25) is 3.79 Å². The molecule has 0 spiro atoms. The Morgan fingerprint density at radius 3 is 1.50 bits per heavy atom. The molecule has 0 aromatic heterocycles. The predicted octanol–water partition coefficient (Wildman–Crippen LogP) is 2.91. The molecule has 0 atom stereocenters. The van der Waals surface area contributed by atoms with Gasteiger partial charge in [0.15, 0.2) is 0 Å². The van der Waals surface area contributed by atoms with E-state index in [0.29, 0.717) is 0 Å². The monoisotopic (exact) mass is 209 g/mol. The zero-order chi connectivity index (χ0) is 5.21. The van der Waals surface area contributed by atoms with Crippen LogP contribution in [0.25, 0.3) is 0 Å². The molecule has 0 amide bonds. The fraction of sp³-hybridized carbons (Fsp3) is 0.500. The maximum Gasteiger partial charge on any atom is 0.204 e. The zero-order valence-corrected chi connectivity index (χ0v) is 6.44.